The van der Waals surface area contributed by atoms with Gasteiger partial charge in [-0.25, -0.2) is 14.8 Å². The molecular formula is C19H25N5O4. The number of carbonyl (C=O) groups is 1. The van der Waals surface area contributed by atoms with Crippen LogP contribution in [0.1, 0.15) is 6.92 Å². The first kappa shape index (κ1) is 19.5. The smallest absolute Gasteiger partial charge is 0.409 e. The highest BCUT2D eigenvalue weighted by molar-refractivity contribution is 5.69. The molecule has 0 aliphatic carbocycles. The van der Waals surface area contributed by atoms with Gasteiger partial charge in [-0.2, -0.15) is 0 Å². The Hall–Kier alpha value is -3.23. The van der Waals surface area contributed by atoms with Crippen molar-refractivity contribution in [3.8, 4) is 11.5 Å². The van der Waals surface area contributed by atoms with Crippen molar-refractivity contribution in [1.29, 1.82) is 0 Å². The monoisotopic (exact) mass is 387 g/mol. The van der Waals surface area contributed by atoms with Crippen molar-refractivity contribution in [1.82, 2.24) is 14.9 Å². The molecule has 1 aliphatic heterocycles. The second-order valence-electron chi connectivity index (χ2n) is 6.13. The largest absolute Gasteiger partial charge is 0.497 e. The Morgan fingerprint density at radius 1 is 1.11 bits per heavy atom. The molecule has 1 aromatic heterocycles. The number of hydrogen-bond donors (Lipinski definition) is 1. The summed E-state index contributed by atoms with van der Waals surface area (Å²) in [6, 6.07) is 7.40. The number of hydrogen-bond acceptors (Lipinski definition) is 8. The topological polar surface area (TPSA) is 89.1 Å². The number of ether oxygens (including phenoxy) is 3. The Morgan fingerprint density at radius 3 is 2.57 bits per heavy atom. The number of amides is 1. The molecule has 0 atom stereocenters. The molecule has 0 unspecified atom stereocenters. The van der Waals surface area contributed by atoms with Crippen LogP contribution in [0.25, 0.3) is 0 Å². The van der Waals surface area contributed by atoms with E-state index in [2.05, 4.69) is 20.2 Å². The summed E-state index contributed by atoms with van der Waals surface area (Å²) in [6.07, 6.45) is 1.25. The van der Waals surface area contributed by atoms with Crippen LogP contribution in [0.3, 0.4) is 0 Å². The summed E-state index contributed by atoms with van der Waals surface area (Å²) in [6.45, 7) is 4.74. The lowest BCUT2D eigenvalue weighted by Crippen LogP contribution is -2.49. The van der Waals surface area contributed by atoms with E-state index in [4.69, 9.17) is 14.2 Å². The predicted octanol–water partition coefficient (Wildman–Crippen LogP) is 2.52. The number of nitrogens with one attached hydrogen (secondary N) is 1. The van der Waals surface area contributed by atoms with Crippen LogP contribution in [-0.2, 0) is 4.74 Å². The SMILES string of the molecule is CCOC(=O)N1CCN(c2cc(Nc3ccc(OC)cc3OC)ncn2)CC1. The lowest BCUT2D eigenvalue weighted by Gasteiger charge is -2.34. The maximum absolute atomic E-state index is 11.8. The molecule has 0 radical (unpaired) electrons. The second kappa shape index (κ2) is 9.12. The minimum absolute atomic E-state index is 0.265. The first-order valence-corrected chi connectivity index (χ1v) is 9.12. The molecule has 2 heterocycles. The maximum atomic E-state index is 11.8. The van der Waals surface area contributed by atoms with Crippen LogP contribution in [0, 0.1) is 0 Å². The summed E-state index contributed by atoms with van der Waals surface area (Å²) in [5.41, 5.74) is 0.778. The molecule has 0 bridgehead atoms. The van der Waals surface area contributed by atoms with Crippen LogP contribution < -0.4 is 19.7 Å². The van der Waals surface area contributed by atoms with Crippen LogP contribution in [0.5, 0.6) is 11.5 Å². The maximum Gasteiger partial charge on any atom is 0.409 e. The summed E-state index contributed by atoms with van der Waals surface area (Å²) in [5, 5.41) is 3.26. The first-order valence-electron chi connectivity index (χ1n) is 9.12. The predicted molar refractivity (Wildman–Crippen MR) is 106 cm³/mol. The number of carbonyl (C=O) groups excluding carboxylic acids is 1. The third-order valence-electron chi connectivity index (χ3n) is 4.45. The van der Waals surface area contributed by atoms with Crippen LogP contribution in [0.4, 0.5) is 22.1 Å². The molecule has 1 amide bonds. The van der Waals surface area contributed by atoms with Crippen molar-refractivity contribution < 1.29 is 19.0 Å². The van der Waals surface area contributed by atoms with Gasteiger partial charge in [-0.3, -0.25) is 0 Å². The Kier molecular flexibility index (Phi) is 6.36. The molecule has 1 aliphatic rings. The lowest BCUT2D eigenvalue weighted by molar-refractivity contribution is 0.105. The van der Waals surface area contributed by atoms with Crippen molar-refractivity contribution in [2.24, 2.45) is 0 Å². The van der Waals surface area contributed by atoms with E-state index in [-0.39, 0.29) is 6.09 Å². The van der Waals surface area contributed by atoms with Gasteiger partial charge in [0.05, 0.1) is 26.5 Å². The average molecular weight is 387 g/mol. The third kappa shape index (κ3) is 4.54. The quantitative estimate of drug-likeness (QED) is 0.809. The standard InChI is InChI=1S/C19H25N5O4/c1-4-28-19(25)24-9-7-23(8-10-24)18-12-17(20-13-21-18)22-15-6-5-14(26-2)11-16(15)27-3/h5-6,11-13H,4,7-10H2,1-3H3,(H,20,21,22). The molecule has 0 saturated carbocycles. The van der Waals surface area contributed by atoms with E-state index in [0.29, 0.717) is 50.1 Å². The second-order valence-corrected chi connectivity index (χ2v) is 6.13. The molecule has 2 aromatic rings. The third-order valence-corrected chi connectivity index (χ3v) is 4.45. The van der Waals surface area contributed by atoms with Gasteiger partial charge >= 0.3 is 6.09 Å². The van der Waals surface area contributed by atoms with Gasteiger partial charge in [0.15, 0.2) is 0 Å². The van der Waals surface area contributed by atoms with Gasteiger partial charge in [-0.15, -0.1) is 0 Å². The molecule has 9 nitrogen and oxygen atoms in total. The van der Waals surface area contributed by atoms with E-state index in [9.17, 15) is 4.79 Å². The molecule has 150 valence electrons. The van der Waals surface area contributed by atoms with Gasteiger partial charge in [0, 0.05) is 38.3 Å². The number of aromatic nitrogens is 2. The number of piperazine rings is 1. The van der Waals surface area contributed by atoms with Gasteiger partial charge < -0.3 is 29.3 Å². The van der Waals surface area contributed by atoms with E-state index < -0.39 is 0 Å². The van der Waals surface area contributed by atoms with Crippen molar-refractivity contribution in [3.05, 3.63) is 30.6 Å². The van der Waals surface area contributed by atoms with E-state index in [1.807, 2.05) is 18.2 Å². The number of benzene rings is 1. The molecule has 9 heteroatoms. The summed E-state index contributed by atoms with van der Waals surface area (Å²) in [5.74, 6) is 2.82. The normalized spacial score (nSPS) is 13.8. The van der Waals surface area contributed by atoms with Crippen molar-refractivity contribution in [2.75, 3.05) is 57.2 Å². The van der Waals surface area contributed by atoms with Gasteiger partial charge in [-0.1, -0.05) is 0 Å². The minimum Gasteiger partial charge on any atom is -0.497 e. The van der Waals surface area contributed by atoms with Gasteiger partial charge in [-0.05, 0) is 19.1 Å². The Morgan fingerprint density at radius 2 is 1.89 bits per heavy atom. The zero-order valence-corrected chi connectivity index (χ0v) is 16.3. The fraction of sp³-hybridized carbons (Fsp3) is 0.421. The molecular weight excluding hydrogens is 362 g/mol. The molecule has 1 fully saturated rings. The highest BCUT2D eigenvalue weighted by Crippen LogP contribution is 2.31. The van der Waals surface area contributed by atoms with Crippen LogP contribution >= 0.6 is 0 Å². The average Bonchev–Trinajstić information content (AvgIpc) is 2.74. The van der Waals surface area contributed by atoms with E-state index in [1.165, 1.54) is 6.33 Å². The van der Waals surface area contributed by atoms with E-state index in [0.717, 1.165) is 11.5 Å². The van der Waals surface area contributed by atoms with Crippen molar-refractivity contribution in [2.45, 2.75) is 6.92 Å². The van der Waals surface area contributed by atoms with Crippen molar-refractivity contribution >= 4 is 23.4 Å². The van der Waals surface area contributed by atoms with Gasteiger partial charge in [0.25, 0.3) is 0 Å². The molecule has 1 saturated heterocycles. The van der Waals surface area contributed by atoms with Gasteiger partial charge in [0.2, 0.25) is 0 Å². The first-order chi connectivity index (χ1) is 13.6. The van der Waals surface area contributed by atoms with Crippen LogP contribution in [0.2, 0.25) is 0 Å². The Bertz CT molecular complexity index is 809. The molecule has 3 rings (SSSR count). The highest BCUT2D eigenvalue weighted by atomic mass is 16.6. The summed E-state index contributed by atoms with van der Waals surface area (Å²) < 4.78 is 15.7. The van der Waals surface area contributed by atoms with Gasteiger partial charge in [0.1, 0.15) is 29.5 Å². The highest BCUT2D eigenvalue weighted by Gasteiger charge is 2.23. The van der Waals surface area contributed by atoms with Crippen LogP contribution in [0.15, 0.2) is 30.6 Å². The van der Waals surface area contributed by atoms with E-state index >= 15 is 0 Å². The molecule has 28 heavy (non-hydrogen) atoms. The Labute approximate surface area is 164 Å². The minimum atomic E-state index is -0.265. The van der Waals surface area contributed by atoms with Crippen LogP contribution in [-0.4, -0.2) is 68.0 Å². The number of nitrogens with zero attached hydrogens (tertiary/aromatic N) is 4. The van der Waals surface area contributed by atoms with E-state index in [1.54, 1.807) is 32.1 Å². The number of rotatable bonds is 6. The number of anilines is 3. The fourth-order valence-electron chi connectivity index (χ4n) is 2.96. The summed E-state index contributed by atoms with van der Waals surface area (Å²) in [4.78, 5) is 24.3. The zero-order valence-electron chi connectivity index (χ0n) is 16.3. The Balaban J connectivity index is 1.68. The zero-order chi connectivity index (χ0) is 19.9. The molecule has 1 aromatic carbocycles. The lowest BCUT2D eigenvalue weighted by atomic mass is 10.2. The summed E-state index contributed by atoms with van der Waals surface area (Å²) >= 11 is 0. The summed E-state index contributed by atoms with van der Waals surface area (Å²) in [7, 11) is 3.22. The molecule has 1 N–H and O–H groups in total. The van der Waals surface area contributed by atoms with Crippen molar-refractivity contribution in [3.63, 3.8) is 0 Å². The molecule has 0 spiro atoms. The fourth-order valence-corrected chi connectivity index (χ4v) is 2.96. The number of methoxy groups -OCH3 is 2.